The van der Waals surface area contributed by atoms with E-state index in [4.69, 9.17) is 28.4 Å². The van der Waals surface area contributed by atoms with Crippen molar-refractivity contribution >= 4 is 66.4 Å². The van der Waals surface area contributed by atoms with Gasteiger partial charge in [-0.2, -0.15) is 0 Å². The number of hydrogen-bond donors (Lipinski definition) is 0. The molecule has 0 amide bonds. The highest BCUT2D eigenvalue weighted by Gasteiger charge is 2.25. The molecule has 0 aliphatic carbocycles. The van der Waals surface area contributed by atoms with Gasteiger partial charge in [0.1, 0.15) is 34.5 Å². The fraction of sp³-hybridized carbons (Fsp3) is 0.176. The van der Waals surface area contributed by atoms with Crippen LogP contribution in [0.2, 0.25) is 0 Å². The van der Waals surface area contributed by atoms with Crippen LogP contribution in [0, 0.1) is 0 Å². The lowest BCUT2D eigenvalue weighted by Crippen LogP contribution is -1.99. The molecule has 8 heteroatoms. The van der Waals surface area contributed by atoms with E-state index in [1.54, 1.807) is 40.6 Å². The standard InChI is InChI=1S/C34H28O8/c1-37-24-11-18(15-35)33(41-5)31-22(24)13-26(39-3)20-9-7-17-8-10-21-27(40-4)14-23-25(38-2)12-19(16-36)34(42-6)32(23)30(21)28(17)29(20)31/h7-16H,1-6H3. The Morgan fingerprint density at radius 2 is 0.810 bits per heavy atom. The lowest BCUT2D eigenvalue weighted by molar-refractivity contribution is 0.111. The summed E-state index contributed by atoms with van der Waals surface area (Å²) < 4.78 is 35.1. The fourth-order valence-electron chi connectivity index (χ4n) is 6.19. The Bertz CT molecular complexity index is 1950. The molecule has 0 heterocycles. The number of methoxy groups -OCH3 is 6. The van der Waals surface area contributed by atoms with E-state index >= 15 is 0 Å². The zero-order valence-electron chi connectivity index (χ0n) is 24.0. The minimum Gasteiger partial charge on any atom is -0.496 e. The number of hydrogen-bond acceptors (Lipinski definition) is 8. The van der Waals surface area contributed by atoms with Gasteiger partial charge in [-0.05, 0) is 47.2 Å². The topological polar surface area (TPSA) is 89.5 Å². The molecule has 0 aliphatic heterocycles. The fourth-order valence-corrected chi connectivity index (χ4v) is 6.19. The van der Waals surface area contributed by atoms with Crippen molar-refractivity contribution in [2.75, 3.05) is 42.7 Å². The molecule has 0 aliphatic rings. The zero-order valence-corrected chi connectivity index (χ0v) is 24.0. The largest absolute Gasteiger partial charge is 0.496 e. The van der Waals surface area contributed by atoms with Crippen molar-refractivity contribution in [3.8, 4) is 34.5 Å². The highest BCUT2D eigenvalue weighted by molar-refractivity contribution is 6.36. The van der Waals surface area contributed by atoms with Crippen molar-refractivity contribution in [1.82, 2.24) is 0 Å². The third-order valence-electron chi connectivity index (χ3n) is 7.93. The quantitative estimate of drug-likeness (QED) is 0.143. The van der Waals surface area contributed by atoms with E-state index in [0.717, 1.165) is 44.9 Å². The Labute approximate surface area is 241 Å². The maximum absolute atomic E-state index is 12.3. The van der Waals surface area contributed by atoms with E-state index in [2.05, 4.69) is 0 Å². The van der Waals surface area contributed by atoms with Gasteiger partial charge in [0.2, 0.25) is 0 Å². The molecule has 8 nitrogen and oxygen atoms in total. The molecule has 6 rings (SSSR count). The van der Waals surface area contributed by atoms with Gasteiger partial charge < -0.3 is 28.4 Å². The Kier molecular flexibility index (Phi) is 6.61. The van der Waals surface area contributed by atoms with Crippen molar-refractivity contribution in [3.05, 3.63) is 59.7 Å². The lowest BCUT2D eigenvalue weighted by atomic mass is 9.88. The predicted octanol–water partition coefficient (Wildman–Crippen LogP) is 7.13. The molecule has 0 radical (unpaired) electrons. The molecule has 0 bridgehead atoms. The first-order chi connectivity index (χ1) is 20.5. The van der Waals surface area contributed by atoms with Gasteiger partial charge in [-0.3, -0.25) is 9.59 Å². The molecule has 0 spiro atoms. The molecule has 0 saturated heterocycles. The van der Waals surface area contributed by atoms with E-state index in [1.165, 1.54) is 14.2 Å². The molecule has 6 aromatic carbocycles. The Hall–Kier alpha value is -5.24. The van der Waals surface area contributed by atoms with Crippen LogP contribution in [0.3, 0.4) is 0 Å². The van der Waals surface area contributed by atoms with Crippen molar-refractivity contribution in [2.24, 2.45) is 0 Å². The smallest absolute Gasteiger partial charge is 0.153 e. The summed E-state index contributed by atoms with van der Waals surface area (Å²) in [6.45, 7) is 0. The molecule has 6 aromatic rings. The molecular formula is C34H28O8. The van der Waals surface area contributed by atoms with E-state index in [-0.39, 0.29) is 0 Å². The normalized spacial score (nSPS) is 11.3. The van der Waals surface area contributed by atoms with E-state index in [1.807, 2.05) is 36.4 Å². The monoisotopic (exact) mass is 564 g/mol. The summed E-state index contributed by atoms with van der Waals surface area (Å²) >= 11 is 0. The molecule has 212 valence electrons. The second kappa shape index (κ2) is 10.3. The molecule has 0 saturated carbocycles. The summed E-state index contributed by atoms with van der Waals surface area (Å²) in [6.07, 6.45) is 1.51. The molecule has 42 heavy (non-hydrogen) atoms. The van der Waals surface area contributed by atoms with Crippen molar-refractivity contribution in [1.29, 1.82) is 0 Å². The number of fused-ring (bicyclic) bond motifs is 9. The van der Waals surface area contributed by atoms with Crippen LogP contribution < -0.4 is 28.4 Å². The van der Waals surface area contributed by atoms with Gasteiger partial charge in [0, 0.05) is 43.1 Å². The summed E-state index contributed by atoms with van der Waals surface area (Å²) in [7, 11) is 9.41. The minimum atomic E-state index is 0.343. The Morgan fingerprint density at radius 1 is 0.429 bits per heavy atom. The molecule has 0 aromatic heterocycles. The second-order valence-electron chi connectivity index (χ2n) is 9.72. The molecule has 0 atom stereocenters. The van der Waals surface area contributed by atoms with Gasteiger partial charge >= 0.3 is 0 Å². The van der Waals surface area contributed by atoms with Crippen LogP contribution in [0.5, 0.6) is 34.5 Å². The van der Waals surface area contributed by atoms with Crippen molar-refractivity contribution in [2.45, 2.75) is 0 Å². The number of benzene rings is 6. The summed E-state index contributed by atoms with van der Waals surface area (Å²) in [5, 5.41) is 7.64. The third kappa shape index (κ3) is 3.61. The molecular weight excluding hydrogens is 536 g/mol. The van der Waals surface area contributed by atoms with Gasteiger partial charge in [-0.1, -0.05) is 12.1 Å². The van der Waals surface area contributed by atoms with Gasteiger partial charge in [-0.15, -0.1) is 0 Å². The average molecular weight is 565 g/mol. The van der Waals surface area contributed by atoms with Crippen LogP contribution in [-0.2, 0) is 0 Å². The third-order valence-corrected chi connectivity index (χ3v) is 7.93. The lowest BCUT2D eigenvalue weighted by Gasteiger charge is -2.21. The Morgan fingerprint density at radius 3 is 1.14 bits per heavy atom. The Balaban J connectivity index is 2.09. The van der Waals surface area contributed by atoms with Gasteiger partial charge in [0.25, 0.3) is 0 Å². The summed E-state index contributed by atoms with van der Waals surface area (Å²) in [5.41, 5.74) is 0.686. The summed E-state index contributed by atoms with van der Waals surface area (Å²) in [6, 6.07) is 15.1. The maximum atomic E-state index is 12.3. The van der Waals surface area contributed by atoms with Crippen LogP contribution in [0.25, 0.3) is 53.9 Å². The zero-order chi connectivity index (χ0) is 29.7. The van der Waals surface area contributed by atoms with Crippen LogP contribution in [0.4, 0.5) is 0 Å². The van der Waals surface area contributed by atoms with Crippen molar-refractivity contribution < 1.29 is 38.0 Å². The number of carbonyl (C=O) groups excluding carboxylic acids is 2. The van der Waals surface area contributed by atoms with Crippen LogP contribution in [-0.4, -0.2) is 55.2 Å². The van der Waals surface area contributed by atoms with E-state index in [9.17, 15) is 9.59 Å². The first-order valence-electron chi connectivity index (χ1n) is 13.1. The van der Waals surface area contributed by atoms with Gasteiger partial charge in [0.15, 0.2) is 12.6 Å². The summed E-state index contributed by atoms with van der Waals surface area (Å²) in [5.74, 6) is 3.03. The summed E-state index contributed by atoms with van der Waals surface area (Å²) in [4.78, 5) is 24.6. The minimum absolute atomic E-state index is 0.343. The highest BCUT2D eigenvalue weighted by atomic mass is 16.5. The van der Waals surface area contributed by atoms with Gasteiger partial charge in [-0.25, -0.2) is 0 Å². The highest BCUT2D eigenvalue weighted by Crippen LogP contribution is 2.51. The molecule has 0 fully saturated rings. The van der Waals surface area contributed by atoms with Crippen LogP contribution >= 0.6 is 0 Å². The number of aldehydes is 2. The molecule has 0 N–H and O–H groups in total. The average Bonchev–Trinajstić information content (AvgIpc) is 3.04. The predicted molar refractivity (Wildman–Crippen MR) is 164 cm³/mol. The van der Waals surface area contributed by atoms with Crippen LogP contribution in [0.1, 0.15) is 20.7 Å². The van der Waals surface area contributed by atoms with E-state index < -0.39 is 0 Å². The van der Waals surface area contributed by atoms with Crippen molar-refractivity contribution in [3.63, 3.8) is 0 Å². The number of rotatable bonds is 8. The first-order valence-corrected chi connectivity index (χ1v) is 13.1. The SMILES string of the molecule is COc1cc(C=O)c(OC)c2c1cc(OC)c1ccc3ccc4c(OC)cc5c(OC)cc(C=O)c(OC)c5c4c3c12. The van der Waals surface area contributed by atoms with Crippen LogP contribution in [0.15, 0.2) is 48.5 Å². The maximum Gasteiger partial charge on any atom is 0.153 e. The number of ether oxygens (including phenoxy) is 6. The number of carbonyl (C=O) groups is 2. The first kappa shape index (κ1) is 27.0. The molecule has 0 unspecified atom stereocenters. The van der Waals surface area contributed by atoms with Gasteiger partial charge in [0.05, 0.1) is 53.8 Å². The second-order valence-corrected chi connectivity index (χ2v) is 9.72. The van der Waals surface area contributed by atoms with E-state index in [0.29, 0.717) is 67.2 Å².